The third-order valence-electron chi connectivity index (χ3n) is 4.26. The van der Waals surface area contributed by atoms with E-state index >= 15 is 0 Å². The van der Waals surface area contributed by atoms with Crippen LogP contribution in [0.4, 0.5) is 0 Å². The first-order valence-corrected chi connectivity index (χ1v) is 8.66. The van der Waals surface area contributed by atoms with Gasteiger partial charge in [-0.25, -0.2) is 0 Å². The predicted molar refractivity (Wildman–Crippen MR) is 83.9 cm³/mol. The van der Waals surface area contributed by atoms with Gasteiger partial charge in [-0.3, -0.25) is 4.90 Å². The number of rotatable bonds is 3. The van der Waals surface area contributed by atoms with E-state index in [1.165, 1.54) is 43.0 Å². The largest absolute Gasteiger partial charge is 0.311 e. The maximum atomic E-state index is 3.69. The van der Waals surface area contributed by atoms with Gasteiger partial charge in [0.2, 0.25) is 0 Å². The molecular formula is C16H24N2S. The quantitative estimate of drug-likeness (QED) is 0.912. The van der Waals surface area contributed by atoms with Gasteiger partial charge < -0.3 is 5.32 Å². The minimum absolute atomic E-state index is 0.628. The number of benzene rings is 1. The van der Waals surface area contributed by atoms with Crippen molar-refractivity contribution in [1.29, 1.82) is 0 Å². The topological polar surface area (TPSA) is 15.3 Å². The normalized spacial score (nSPS) is 29.3. The zero-order valence-corrected chi connectivity index (χ0v) is 12.4. The molecule has 2 fully saturated rings. The molecule has 0 bridgehead atoms. The Labute approximate surface area is 121 Å². The molecule has 1 N–H and O–H groups in total. The van der Waals surface area contributed by atoms with Crippen molar-refractivity contribution in [2.75, 3.05) is 31.1 Å². The van der Waals surface area contributed by atoms with Crippen molar-refractivity contribution in [3.8, 4) is 0 Å². The summed E-state index contributed by atoms with van der Waals surface area (Å²) in [7, 11) is 0. The van der Waals surface area contributed by atoms with E-state index in [0.29, 0.717) is 6.04 Å². The van der Waals surface area contributed by atoms with Crippen LogP contribution in [0.2, 0.25) is 0 Å². The fourth-order valence-electron chi connectivity index (χ4n) is 3.23. The molecule has 0 radical (unpaired) electrons. The molecule has 2 nitrogen and oxygen atoms in total. The summed E-state index contributed by atoms with van der Waals surface area (Å²) in [4.78, 5) is 2.73. The standard InChI is InChI=1S/C16H24N2S/c1-2-5-14(6-3-1)11-15-12-18(9-8-17-15)16-7-4-10-19-13-16/h1-3,5-6,15-17H,4,7-13H2. The van der Waals surface area contributed by atoms with E-state index in [0.717, 1.165) is 19.0 Å². The van der Waals surface area contributed by atoms with E-state index in [1.54, 1.807) is 0 Å². The highest BCUT2D eigenvalue weighted by Gasteiger charge is 2.26. The van der Waals surface area contributed by atoms with Crippen LogP contribution in [0, 0.1) is 0 Å². The highest BCUT2D eigenvalue weighted by atomic mass is 32.2. The molecule has 104 valence electrons. The minimum atomic E-state index is 0.628. The Balaban J connectivity index is 1.55. The summed E-state index contributed by atoms with van der Waals surface area (Å²) >= 11 is 2.14. The van der Waals surface area contributed by atoms with Gasteiger partial charge in [0.05, 0.1) is 0 Å². The second kappa shape index (κ2) is 6.78. The summed E-state index contributed by atoms with van der Waals surface area (Å²) in [5.41, 5.74) is 1.46. The molecule has 3 rings (SSSR count). The van der Waals surface area contributed by atoms with Gasteiger partial charge >= 0.3 is 0 Å². The molecule has 0 aromatic heterocycles. The Kier molecular flexibility index (Phi) is 4.81. The van der Waals surface area contributed by atoms with Crippen molar-refractivity contribution in [3.05, 3.63) is 35.9 Å². The Morgan fingerprint density at radius 3 is 2.95 bits per heavy atom. The average molecular weight is 276 g/mol. The molecule has 0 spiro atoms. The van der Waals surface area contributed by atoms with Crippen molar-refractivity contribution in [1.82, 2.24) is 10.2 Å². The van der Waals surface area contributed by atoms with Gasteiger partial charge in [0.1, 0.15) is 0 Å². The van der Waals surface area contributed by atoms with Crippen LogP contribution >= 0.6 is 11.8 Å². The van der Waals surface area contributed by atoms with E-state index in [4.69, 9.17) is 0 Å². The lowest BCUT2D eigenvalue weighted by molar-refractivity contribution is 0.146. The lowest BCUT2D eigenvalue weighted by atomic mass is 10.0. The second-order valence-corrected chi connectivity index (χ2v) is 6.86. The average Bonchev–Trinajstić information content (AvgIpc) is 2.49. The summed E-state index contributed by atoms with van der Waals surface area (Å²) in [6.45, 7) is 3.61. The Morgan fingerprint density at radius 2 is 2.16 bits per heavy atom. The molecular weight excluding hydrogens is 252 g/mol. The molecule has 0 aliphatic carbocycles. The molecule has 1 aromatic rings. The molecule has 2 heterocycles. The van der Waals surface area contributed by atoms with Crippen LogP contribution in [0.5, 0.6) is 0 Å². The van der Waals surface area contributed by atoms with E-state index in [2.05, 4.69) is 52.3 Å². The van der Waals surface area contributed by atoms with Crippen molar-refractivity contribution in [3.63, 3.8) is 0 Å². The molecule has 2 aliphatic rings. The molecule has 2 aliphatic heterocycles. The molecule has 3 heteroatoms. The molecule has 0 saturated carbocycles. The van der Waals surface area contributed by atoms with Gasteiger partial charge in [-0.05, 0) is 30.6 Å². The predicted octanol–water partition coefficient (Wildman–Crippen LogP) is 2.40. The van der Waals surface area contributed by atoms with Gasteiger partial charge in [0, 0.05) is 37.5 Å². The highest BCUT2D eigenvalue weighted by molar-refractivity contribution is 7.99. The van der Waals surface area contributed by atoms with E-state index < -0.39 is 0 Å². The van der Waals surface area contributed by atoms with Crippen molar-refractivity contribution < 1.29 is 0 Å². The summed E-state index contributed by atoms with van der Waals surface area (Å²) < 4.78 is 0. The Hall–Kier alpha value is -0.510. The molecule has 1 aromatic carbocycles. The number of hydrogen-bond donors (Lipinski definition) is 1. The Bertz CT molecular complexity index is 376. The van der Waals surface area contributed by atoms with Gasteiger partial charge in [-0.15, -0.1) is 0 Å². The second-order valence-electron chi connectivity index (χ2n) is 5.71. The number of thioether (sulfide) groups is 1. The van der Waals surface area contributed by atoms with Gasteiger partial charge in [0.15, 0.2) is 0 Å². The van der Waals surface area contributed by atoms with Gasteiger partial charge in [0.25, 0.3) is 0 Å². The number of nitrogens with one attached hydrogen (secondary N) is 1. The summed E-state index contributed by atoms with van der Waals surface area (Å²) in [5, 5.41) is 3.69. The summed E-state index contributed by atoms with van der Waals surface area (Å²) in [6, 6.07) is 12.3. The zero-order valence-electron chi connectivity index (χ0n) is 11.6. The van der Waals surface area contributed by atoms with Crippen LogP contribution in [0.3, 0.4) is 0 Å². The lowest BCUT2D eigenvalue weighted by Gasteiger charge is -2.40. The SMILES string of the molecule is c1ccc(CC2CN(C3CCCSC3)CCN2)cc1. The van der Waals surface area contributed by atoms with E-state index in [9.17, 15) is 0 Å². The van der Waals surface area contributed by atoms with E-state index in [1.807, 2.05) is 0 Å². The fraction of sp³-hybridized carbons (Fsp3) is 0.625. The monoisotopic (exact) mass is 276 g/mol. The Morgan fingerprint density at radius 1 is 1.26 bits per heavy atom. The first-order valence-electron chi connectivity index (χ1n) is 7.51. The zero-order chi connectivity index (χ0) is 12.9. The minimum Gasteiger partial charge on any atom is -0.311 e. The number of piperazine rings is 1. The van der Waals surface area contributed by atoms with Crippen LogP contribution in [-0.4, -0.2) is 48.1 Å². The van der Waals surface area contributed by atoms with Crippen LogP contribution < -0.4 is 5.32 Å². The lowest BCUT2D eigenvalue weighted by Crippen LogP contribution is -2.55. The van der Waals surface area contributed by atoms with Crippen molar-refractivity contribution in [2.45, 2.75) is 31.3 Å². The first kappa shape index (κ1) is 13.5. The maximum absolute atomic E-state index is 3.69. The van der Waals surface area contributed by atoms with E-state index in [-0.39, 0.29) is 0 Å². The van der Waals surface area contributed by atoms with Crippen LogP contribution in [0.25, 0.3) is 0 Å². The third kappa shape index (κ3) is 3.74. The highest BCUT2D eigenvalue weighted by Crippen LogP contribution is 2.22. The van der Waals surface area contributed by atoms with Crippen molar-refractivity contribution >= 4 is 11.8 Å². The smallest absolute Gasteiger partial charge is 0.0236 e. The first-order chi connectivity index (χ1) is 9.42. The maximum Gasteiger partial charge on any atom is 0.0236 e. The van der Waals surface area contributed by atoms with Crippen LogP contribution in [-0.2, 0) is 6.42 Å². The third-order valence-corrected chi connectivity index (χ3v) is 5.46. The van der Waals surface area contributed by atoms with Gasteiger partial charge in [-0.1, -0.05) is 30.3 Å². The van der Waals surface area contributed by atoms with Gasteiger partial charge in [-0.2, -0.15) is 11.8 Å². The summed E-state index contributed by atoms with van der Waals surface area (Å²) in [6.07, 6.45) is 3.98. The van der Waals surface area contributed by atoms with Crippen LogP contribution in [0.15, 0.2) is 30.3 Å². The van der Waals surface area contributed by atoms with Crippen molar-refractivity contribution in [2.24, 2.45) is 0 Å². The fourth-order valence-corrected chi connectivity index (χ4v) is 4.42. The molecule has 2 unspecified atom stereocenters. The molecule has 2 saturated heterocycles. The molecule has 2 atom stereocenters. The molecule has 19 heavy (non-hydrogen) atoms. The molecule has 0 amide bonds. The number of hydrogen-bond acceptors (Lipinski definition) is 3. The van der Waals surface area contributed by atoms with Crippen LogP contribution in [0.1, 0.15) is 18.4 Å². The summed E-state index contributed by atoms with van der Waals surface area (Å²) in [5.74, 6) is 2.72. The number of nitrogens with zero attached hydrogens (tertiary/aromatic N) is 1.